The van der Waals surface area contributed by atoms with Gasteiger partial charge in [0.25, 0.3) is 0 Å². The fraction of sp³-hybridized carbons (Fsp3) is 0.286. The van der Waals surface area contributed by atoms with E-state index < -0.39 is 5.82 Å². The number of hydrazine groups is 1. The van der Waals surface area contributed by atoms with Crippen LogP contribution in [0.1, 0.15) is 19.5 Å². The molecule has 0 amide bonds. The zero-order valence-electron chi connectivity index (χ0n) is 11.6. The molecule has 0 spiro atoms. The average Bonchev–Trinajstić information content (AvgIpc) is 2.41. The Labute approximate surface area is 117 Å². The summed E-state index contributed by atoms with van der Waals surface area (Å²) in [5, 5.41) is 0. The predicted octanol–water partition coefficient (Wildman–Crippen LogP) is 2.66. The minimum atomic E-state index is -0.550. The number of anilines is 1. The first-order chi connectivity index (χ1) is 9.51. The van der Waals surface area contributed by atoms with Gasteiger partial charge in [-0.05, 0) is 32.9 Å². The quantitative estimate of drug-likeness (QED) is 0.663. The molecule has 0 aliphatic rings. The second kappa shape index (κ2) is 5.83. The molecular formula is C14H17FN4O. The van der Waals surface area contributed by atoms with Crippen LogP contribution in [0.3, 0.4) is 0 Å². The molecule has 0 aliphatic heterocycles. The number of nitrogen functional groups attached to an aromatic ring is 1. The highest BCUT2D eigenvalue weighted by Crippen LogP contribution is 2.24. The molecule has 1 aromatic heterocycles. The van der Waals surface area contributed by atoms with Crippen molar-refractivity contribution in [2.24, 2.45) is 5.84 Å². The normalized spacial score (nSPS) is 10.7. The van der Waals surface area contributed by atoms with Crippen molar-refractivity contribution in [3.8, 4) is 17.1 Å². The molecule has 3 N–H and O–H groups in total. The SMILES string of the molecule is Cc1nc(-c2cccc(OC(C)C)c2)nc(NN)c1F. The third-order valence-corrected chi connectivity index (χ3v) is 2.62. The summed E-state index contributed by atoms with van der Waals surface area (Å²) in [6.45, 7) is 5.46. The average molecular weight is 276 g/mol. The molecular weight excluding hydrogens is 259 g/mol. The van der Waals surface area contributed by atoms with Gasteiger partial charge in [-0.3, -0.25) is 0 Å². The number of nitrogens with zero attached hydrogens (tertiary/aromatic N) is 2. The second-order valence-corrected chi connectivity index (χ2v) is 4.63. The van der Waals surface area contributed by atoms with Crippen LogP contribution in [0.2, 0.25) is 0 Å². The molecule has 0 atom stereocenters. The van der Waals surface area contributed by atoms with E-state index in [1.54, 1.807) is 6.92 Å². The van der Waals surface area contributed by atoms with Crippen molar-refractivity contribution in [2.75, 3.05) is 5.43 Å². The van der Waals surface area contributed by atoms with Gasteiger partial charge >= 0.3 is 0 Å². The number of aryl methyl sites for hydroxylation is 1. The summed E-state index contributed by atoms with van der Waals surface area (Å²) in [6.07, 6.45) is 0.0717. The van der Waals surface area contributed by atoms with Crippen molar-refractivity contribution in [1.29, 1.82) is 0 Å². The molecule has 20 heavy (non-hydrogen) atoms. The standard InChI is InChI=1S/C14H17FN4O/c1-8(2)20-11-6-4-5-10(7-11)13-17-9(3)12(15)14(18-13)19-16/h4-8H,16H2,1-3H3,(H,17,18,19). The van der Waals surface area contributed by atoms with Crippen LogP contribution in [-0.4, -0.2) is 16.1 Å². The van der Waals surface area contributed by atoms with Gasteiger partial charge in [0, 0.05) is 5.56 Å². The molecule has 0 radical (unpaired) electrons. The molecule has 106 valence electrons. The first-order valence-electron chi connectivity index (χ1n) is 6.29. The van der Waals surface area contributed by atoms with E-state index in [9.17, 15) is 4.39 Å². The van der Waals surface area contributed by atoms with E-state index in [4.69, 9.17) is 10.6 Å². The number of benzene rings is 1. The summed E-state index contributed by atoms with van der Waals surface area (Å²) >= 11 is 0. The Morgan fingerprint density at radius 3 is 2.70 bits per heavy atom. The van der Waals surface area contributed by atoms with Crippen molar-refractivity contribution in [2.45, 2.75) is 26.9 Å². The fourth-order valence-corrected chi connectivity index (χ4v) is 1.76. The van der Waals surface area contributed by atoms with Crippen LogP contribution >= 0.6 is 0 Å². The van der Waals surface area contributed by atoms with Crippen molar-refractivity contribution in [1.82, 2.24) is 9.97 Å². The summed E-state index contributed by atoms with van der Waals surface area (Å²) in [5.74, 6) is 5.79. The van der Waals surface area contributed by atoms with Crippen LogP contribution in [0.4, 0.5) is 10.2 Å². The van der Waals surface area contributed by atoms with Gasteiger partial charge in [0.15, 0.2) is 17.5 Å². The Kier molecular flexibility index (Phi) is 4.14. The molecule has 0 bridgehead atoms. The highest BCUT2D eigenvalue weighted by atomic mass is 19.1. The lowest BCUT2D eigenvalue weighted by molar-refractivity contribution is 0.242. The van der Waals surface area contributed by atoms with Crippen molar-refractivity contribution in [3.63, 3.8) is 0 Å². The largest absolute Gasteiger partial charge is 0.491 e. The number of nitrogens with two attached hydrogens (primary N) is 1. The first-order valence-corrected chi connectivity index (χ1v) is 6.29. The van der Waals surface area contributed by atoms with Crippen molar-refractivity contribution < 1.29 is 9.13 Å². The van der Waals surface area contributed by atoms with E-state index in [1.807, 2.05) is 38.1 Å². The van der Waals surface area contributed by atoms with Crippen LogP contribution in [-0.2, 0) is 0 Å². The van der Waals surface area contributed by atoms with Crippen LogP contribution in [0.5, 0.6) is 5.75 Å². The minimum Gasteiger partial charge on any atom is -0.491 e. The van der Waals surface area contributed by atoms with Crippen LogP contribution in [0.25, 0.3) is 11.4 Å². The molecule has 1 aromatic carbocycles. The van der Waals surface area contributed by atoms with Gasteiger partial charge in [-0.2, -0.15) is 0 Å². The van der Waals surface area contributed by atoms with Crippen LogP contribution in [0.15, 0.2) is 24.3 Å². The number of hydrogen-bond acceptors (Lipinski definition) is 5. The maximum absolute atomic E-state index is 13.7. The third kappa shape index (κ3) is 3.03. The second-order valence-electron chi connectivity index (χ2n) is 4.63. The van der Waals surface area contributed by atoms with E-state index in [0.717, 1.165) is 5.56 Å². The summed E-state index contributed by atoms with van der Waals surface area (Å²) in [4.78, 5) is 8.20. The molecule has 2 rings (SSSR count). The van der Waals surface area contributed by atoms with Crippen molar-refractivity contribution in [3.05, 3.63) is 35.8 Å². The zero-order chi connectivity index (χ0) is 14.7. The van der Waals surface area contributed by atoms with E-state index in [-0.39, 0.29) is 17.6 Å². The Balaban J connectivity index is 2.43. The van der Waals surface area contributed by atoms with Gasteiger partial charge in [0.2, 0.25) is 0 Å². The highest BCUT2D eigenvalue weighted by Gasteiger charge is 2.12. The summed E-state index contributed by atoms with van der Waals surface area (Å²) < 4.78 is 19.3. The maximum atomic E-state index is 13.7. The Hall–Kier alpha value is -2.21. The molecule has 0 unspecified atom stereocenters. The van der Waals surface area contributed by atoms with Gasteiger partial charge in [-0.25, -0.2) is 20.2 Å². The smallest absolute Gasteiger partial charge is 0.187 e. The molecule has 0 saturated carbocycles. The molecule has 0 saturated heterocycles. The maximum Gasteiger partial charge on any atom is 0.187 e. The van der Waals surface area contributed by atoms with Crippen molar-refractivity contribution >= 4 is 5.82 Å². The fourth-order valence-electron chi connectivity index (χ4n) is 1.76. The zero-order valence-corrected chi connectivity index (χ0v) is 11.6. The molecule has 2 aromatic rings. The lowest BCUT2D eigenvalue weighted by atomic mass is 10.2. The lowest BCUT2D eigenvalue weighted by Gasteiger charge is -2.11. The van der Waals surface area contributed by atoms with Crippen LogP contribution in [0, 0.1) is 12.7 Å². The van der Waals surface area contributed by atoms with E-state index >= 15 is 0 Å². The van der Waals surface area contributed by atoms with E-state index in [2.05, 4.69) is 15.4 Å². The van der Waals surface area contributed by atoms with E-state index in [0.29, 0.717) is 11.6 Å². The first kappa shape index (κ1) is 14.2. The lowest BCUT2D eigenvalue weighted by Crippen LogP contribution is -2.13. The van der Waals surface area contributed by atoms with Gasteiger partial charge in [0.05, 0.1) is 11.8 Å². The number of ether oxygens (including phenoxy) is 1. The topological polar surface area (TPSA) is 73.1 Å². The Morgan fingerprint density at radius 2 is 2.05 bits per heavy atom. The highest BCUT2D eigenvalue weighted by molar-refractivity contribution is 5.59. The van der Waals surface area contributed by atoms with Gasteiger partial charge in [-0.15, -0.1) is 0 Å². The number of halogens is 1. The van der Waals surface area contributed by atoms with Gasteiger partial charge in [0.1, 0.15) is 5.75 Å². The minimum absolute atomic E-state index is 0.0253. The summed E-state index contributed by atoms with van der Waals surface area (Å²) in [6, 6.07) is 7.33. The number of hydrogen-bond donors (Lipinski definition) is 2. The van der Waals surface area contributed by atoms with Crippen LogP contribution < -0.4 is 16.0 Å². The molecule has 5 nitrogen and oxygen atoms in total. The molecule has 0 fully saturated rings. The predicted molar refractivity (Wildman–Crippen MR) is 75.7 cm³/mol. The molecule has 6 heteroatoms. The monoisotopic (exact) mass is 276 g/mol. The van der Waals surface area contributed by atoms with Gasteiger partial charge < -0.3 is 10.2 Å². The number of aromatic nitrogens is 2. The van der Waals surface area contributed by atoms with Gasteiger partial charge in [-0.1, -0.05) is 12.1 Å². The Bertz CT molecular complexity index is 616. The Morgan fingerprint density at radius 1 is 1.30 bits per heavy atom. The molecule has 1 heterocycles. The molecule has 0 aliphatic carbocycles. The number of rotatable bonds is 4. The van der Waals surface area contributed by atoms with E-state index in [1.165, 1.54) is 0 Å². The third-order valence-electron chi connectivity index (χ3n) is 2.62. The summed E-state index contributed by atoms with van der Waals surface area (Å²) in [5.41, 5.74) is 3.21. The number of nitrogens with one attached hydrogen (secondary N) is 1. The summed E-state index contributed by atoms with van der Waals surface area (Å²) in [7, 11) is 0.